The molecule has 0 unspecified atom stereocenters. The molecule has 0 radical (unpaired) electrons. The molecule has 10 aliphatic rings. The van der Waals surface area contributed by atoms with Gasteiger partial charge in [-0.05, 0) is 229 Å². The Morgan fingerprint density at radius 3 is 0.755 bits per heavy atom. The first kappa shape index (κ1) is 79.5. The van der Waals surface area contributed by atoms with Crippen LogP contribution in [0.25, 0.3) is 90.9 Å². The van der Waals surface area contributed by atoms with Crippen molar-refractivity contribution in [2.45, 2.75) is 299 Å². The van der Waals surface area contributed by atoms with Crippen molar-refractivity contribution in [3.05, 3.63) is 257 Å². The van der Waals surface area contributed by atoms with Crippen LogP contribution >= 0.6 is 0 Å². The molecule has 8 bridgehead atoms. The molecular formula is C106H130N4. The highest BCUT2D eigenvalue weighted by Gasteiger charge is 2.40. The number of aryl methyl sites for hydroxylation is 2. The quantitative estimate of drug-likeness (QED) is 0.0947. The van der Waals surface area contributed by atoms with E-state index in [4.69, 9.17) is 9.97 Å². The maximum Gasteiger partial charge on any atom is 0.0701 e. The summed E-state index contributed by atoms with van der Waals surface area (Å²) >= 11 is 0. The molecule has 4 nitrogen and oxygen atoms in total. The minimum Gasteiger partial charge on any atom is -0.355 e. The minimum absolute atomic E-state index is 0.0564. The Morgan fingerprint density at radius 2 is 0.500 bits per heavy atom. The van der Waals surface area contributed by atoms with E-state index in [2.05, 4.69) is 360 Å². The Labute approximate surface area is 663 Å². The zero-order valence-electron chi connectivity index (χ0n) is 72.3. The zero-order chi connectivity index (χ0) is 79.3. The molecule has 0 atom stereocenters. The Morgan fingerprint density at radius 1 is 0.255 bits per heavy atom. The maximum absolute atomic E-state index is 6.21. The molecular weight excluding hydrogens is 1330 g/mol. The number of nitrogens with zero attached hydrogens (tertiary/aromatic N) is 2. The fraction of sp³-hybridized carbons (Fsp3) is 0.434. The molecule has 3 aromatic heterocycles. The van der Waals surface area contributed by atoms with Gasteiger partial charge in [0.2, 0.25) is 0 Å². The van der Waals surface area contributed by atoms with Crippen LogP contribution in [0.15, 0.2) is 146 Å². The van der Waals surface area contributed by atoms with Crippen molar-refractivity contribution in [3.63, 3.8) is 0 Å². The van der Waals surface area contributed by atoms with Gasteiger partial charge in [-0.15, -0.1) is 0 Å². The van der Waals surface area contributed by atoms with E-state index in [0.717, 1.165) is 102 Å². The maximum atomic E-state index is 6.21. The van der Waals surface area contributed by atoms with E-state index in [1.165, 1.54) is 141 Å². The highest BCUT2D eigenvalue weighted by Crippen LogP contribution is 2.56. The third-order valence-corrected chi connectivity index (χ3v) is 24.3. The zero-order valence-corrected chi connectivity index (χ0v) is 72.3. The summed E-state index contributed by atoms with van der Waals surface area (Å²) in [4.78, 5) is 21.2. The van der Waals surface area contributed by atoms with Crippen molar-refractivity contribution in [2.24, 2.45) is 0 Å². The molecule has 2 N–H and O–H groups in total. The fourth-order valence-electron chi connectivity index (χ4n) is 17.9. The lowest BCUT2D eigenvalue weighted by molar-refractivity contribution is 0.590. The molecule has 13 rings (SSSR count). The number of aromatic amines is 2. The summed E-state index contributed by atoms with van der Waals surface area (Å²) in [6.45, 7) is 61.6. The number of aromatic nitrogens is 4. The lowest BCUT2D eigenvalue weighted by Gasteiger charge is -2.22. The predicted octanol–water partition coefficient (Wildman–Crippen LogP) is 30.1. The molecule has 4 heteroatoms. The van der Waals surface area contributed by atoms with Crippen LogP contribution in [0.5, 0.6) is 0 Å². The molecule has 0 fully saturated rings. The summed E-state index contributed by atoms with van der Waals surface area (Å²) in [5, 5.41) is 0. The standard InChI is InChI=1S/C106H130N4/c1-27-29-31-33-35-77-87-53-57-91(107-87)97(95(79-61-83(103(15,16)17)73-49-41-65(99(3,4)5)37-45-69(73)79)80-62-84(104(18,19)20)74-50-42-66(100(6,7)8)38-46-70(74)80)93-59-55-89(109-93)78(36-34-32-30-28-2)90-56-60-94(110-90)98(92-58-54-88(77)108-92)96(81-63-85(105(21,22)23)75-51-43-67(101(9,10)11)39-47-71(75)81)82-64-86(106(24,25)26)76-52-44-68(102(12,13)14)40-48-72(76)82/h37-64,95-96,107,109H,27-36H2,1-26H3. The van der Waals surface area contributed by atoms with Gasteiger partial charge in [0.15, 0.2) is 0 Å². The smallest absolute Gasteiger partial charge is 0.0701 e. The number of rotatable bonds is 16. The normalized spacial score (nSPS) is 13.6. The summed E-state index contributed by atoms with van der Waals surface area (Å²) in [7, 11) is 0. The lowest BCUT2D eigenvalue weighted by atomic mass is 9.81. The van der Waals surface area contributed by atoms with Crippen molar-refractivity contribution in [2.75, 3.05) is 0 Å². The second kappa shape index (κ2) is 29.5. The Kier molecular flexibility index (Phi) is 21.3. The van der Waals surface area contributed by atoms with Crippen LogP contribution in [0.2, 0.25) is 0 Å². The van der Waals surface area contributed by atoms with Crippen LogP contribution in [0.4, 0.5) is 0 Å². The molecule has 2 aliphatic heterocycles. The van der Waals surface area contributed by atoms with Gasteiger partial charge in [-0.3, -0.25) is 0 Å². The average Bonchev–Trinajstić information content (AvgIpc) is 1.57. The SMILES string of the molecule is CCCCCCc1c2nc(c(C(c3cc(C(C)(C)C)c4ccc(C(C)(C)C)ccc3-4)c3cc(C(C)(C)C)c4ccc(C(C)(C)C)ccc3-4)c3nc(c(CCCCCC)c4ccc([nH]4)c(C(c4cc(C(C)(C)C)c5ccc(C(C)(C)C)ccc4-5)c4cc(C(C)(C)C)c5ccc(C(C)(C)C)ccc4-5)c4ccc1[nH]4)C=C3)C=C2. The van der Waals surface area contributed by atoms with E-state index in [1.807, 2.05) is 0 Å². The van der Waals surface area contributed by atoms with Gasteiger partial charge < -0.3 is 9.97 Å². The second-order valence-electron chi connectivity index (χ2n) is 41.1. The molecule has 8 aliphatic carbocycles. The summed E-state index contributed by atoms with van der Waals surface area (Å²) in [6.07, 6.45) is 20.2. The van der Waals surface area contributed by atoms with Gasteiger partial charge in [-0.25, -0.2) is 9.97 Å². The van der Waals surface area contributed by atoms with Gasteiger partial charge in [0.05, 0.1) is 22.8 Å². The van der Waals surface area contributed by atoms with Gasteiger partial charge in [-0.2, -0.15) is 0 Å². The molecule has 110 heavy (non-hydrogen) atoms. The lowest BCUT2D eigenvalue weighted by Crippen LogP contribution is -2.11. The van der Waals surface area contributed by atoms with Crippen molar-refractivity contribution < 1.29 is 0 Å². The van der Waals surface area contributed by atoms with E-state index >= 15 is 0 Å². The number of nitrogens with one attached hydrogen (secondary N) is 2. The molecule has 0 saturated heterocycles. The van der Waals surface area contributed by atoms with Crippen LogP contribution in [-0.2, 0) is 56.2 Å². The molecule has 3 aromatic rings. The summed E-state index contributed by atoms with van der Waals surface area (Å²) in [5.41, 5.74) is 38.5. The van der Waals surface area contributed by atoms with Crippen molar-refractivity contribution >= 4 is 46.4 Å². The van der Waals surface area contributed by atoms with Crippen LogP contribution < -0.4 is 0 Å². The van der Waals surface area contributed by atoms with Crippen LogP contribution in [0.1, 0.15) is 355 Å². The Hall–Kier alpha value is -8.60. The van der Waals surface area contributed by atoms with Gasteiger partial charge in [0, 0.05) is 56.2 Å². The first-order valence-corrected chi connectivity index (χ1v) is 42.0. The largest absolute Gasteiger partial charge is 0.355 e. The fourth-order valence-corrected chi connectivity index (χ4v) is 17.9. The van der Waals surface area contributed by atoms with E-state index in [-0.39, 0.29) is 55.2 Å². The molecule has 0 aromatic carbocycles. The number of unbranched alkanes of at least 4 members (excludes halogenated alkanes) is 6. The third kappa shape index (κ3) is 15.7. The van der Waals surface area contributed by atoms with E-state index in [0.29, 0.717) is 0 Å². The van der Waals surface area contributed by atoms with Gasteiger partial charge in [-0.1, -0.05) is 340 Å². The van der Waals surface area contributed by atoms with Crippen LogP contribution in [-0.4, -0.2) is 19.9 Å². The summed E-state index contributed by atoms with van der Waals surface area (Å²) < 4.78 is 0. The summed E-state index contributed by atoms with van der Waals surface area (Å²) in [5.74, 6) is -0.558. The minimum atomic E-state index is -0.302. The predicted molar refractivity (Wildman–Crippen MR) is 478 cm³/mol. The van der Waals surface area contributed by atoms with Crippen molar-refractivity contribution in [3.8, 4) is 44.5 Å². The number of hydrogen-bond donors (Lipinski definition) is 2. The van der Waals surface area contributed by atoms with Crippen LogP contribution in [0.3, 0.4) is 0 Å². The average molecular weight is 1460 g/mol. The molecule has 0 saturated carbocycles. The van der Waals surface area contributed by atoms with Gasteiger partial charge >= 0.3 is 0 Å². The number of H-pyrrole nitrogens is 2. The Balaban J connectivity index is 1.22. The molecule has 0 spiro atoms. The van der Waals surface area contributed by atoms with Crippen LogP contribution in [0, 0.1) is 0 Å². The number of hydrogen-bond acceptors (Lipinski definition) is 2. The monoisotopic (exact) mass is 1460 g/mol. The third-order valence-electron chi connectivity index (χ3n) is 24.3. The topological polar surface area (TPSA) is 57.4 Å². The first-order chi connectivity index (χ1) is 51.5. The Bertz CT molecular complexity index is 5020. The van der Waals surface area contributed by atoms with Crippen molar-refractivity contribution in [1.82, 2.24) is 19.9 Å². The van der Waals surface area contributed by atoms with E-state index in [9.17, 15) is 0 Å². The van der Waals surface area contributed by atoms with Crippen molar-refractivity contribution in [1.29, 1.82) is 0 Å². The molecule has 0 amide bonds. The highest BCUT2D eigenvalue weighted by molar-refractivity contribution is 5.91. The first-order valence-electron chi connectivity index (χ1n) is 42.0. The molecule has 574 valence electrons. The number of fused-ring (bicyclic) bond motifs is 12. The summed E-state index contributed by atoms with van der Waals surface area (Å²) in [6, 6.07) is 59.1. The second-order valence-corrected chi connectivity index (χ2v) is 41.1. The van der Waals surface area contributed by atoms with E-state index in [1.54, 1.807) is 0 Å². The molecule has 5 heterocycles. The van der Waals surface area contributed by atoms with Gasteiger partial charge in [0.25, 0.3) is 0 Å². The van der Waals surface area contributed by atoms with E-state index < -0.39 is 0 Å². The van der Waals surface area contributed by atoms with Gasteiger partial charge in [0.1, 0.15) is 0 Å². The highest BCUT2D eigenvalue weighted by atomic mass is 14.8.